The second-order valence-electron chi connectivity index (χ2n) is 4.73. The molecule has 3 unspecified atom stereocenters. The lowest BCUT2D eigenvalue weighted by Gasteiger charge is -2.43. The summed E-state index contributed by atoms with van der Waals surface area (Å²) >= 11 is 0. The second kappa shape index (κ2) is 4.60. The Labute approximate surface area is 86.8 Å². The van der Waals surface area contributed by atoms with Gasteiger partial charge in [-0.15, -0.1) is 0 Å². The van der Waals surface area contributed by atoms with Gasteiger partial charge in [0.25, 0.3) is 0 Å². The average Bonchev–Trinajstić information content (AvgIpc) is 2.23. The van der Waals surface area contributed by atoms with E-state index in [4.69, 9.17) is 4.74 Å². The maximum absolute atomic E-state index is 5.56. The van der Waals surface area contributed by atoms with Gasteiger partial charge in [0.15, 0.2) is 0 Å². The Hall–Kier alpha value is -0.120. The van der Waals surface area contributed by atoms with Crippen molar-refractivity contribution in [2.45, 2.75) is 44.8 Å². The molecule has 0 spiro atoms. The summed E-state index contributed by atoms with van der Waals surface area (Å²) in [5.74, 6) is 0. The van der Waals surface area contributed by atoms with Crippen LogP contribution in [0.2, 0.25) is 0 Å². The first-order valence-corrected chi connectivity index (χ1v) is 5.84. The normalized spacial score (nSPS) is 41.1. The molecule has 0 radical (unpaired) electrons. The fraction of sp³-hybridized carbons (Fsp3) is 1.00. The van der Waals surface area contributed by atoms with Crippen LogP contribution in [0.1, 0.15) is 26.7 Å². The Morgan fingerprint density at radius 2 is 2.21 bits per heavy atom. The molecule has 2 aliphatic rings. The van der Waals surface area contributed by atoms with Gasteiger partial charge in [-0.05, 0) is 26.7 Å². The predicted molar refractivity (Wildman–Crippen MR) is 57.5 cm³/mol. The molecule has 82 valence electrons. The van der Waals surface area contributed by atoms with Crippen LogP contribution in [0, 0.1) is 0 Å². The molecule has 0 aromatic rings. The second-order valence-corrected chi connectivity index (χ2v) is 4.73. The predicted octanol–water partition coefficient (Wildman–Crippen LogP) is 0.848. The number of piperazine rings is 1. The molecule has 2 aliphatic heterocycles. The number of hydrogen-bond acceptors (Lipinski definition) is 3. The highest BCUT2D eigenvalue weighted by molar-refractivity contribution is 4.87. The summed E-state index contributed by atoms with van der Waals surface area (Å²) in [4.78, 5) is 2.63. The largest absolute Gasteiger partial charge is 0.380 e. The zero-order chi connectivity index (χ0) is 9.97. The molecule has 0 aromatic carbocycles. The van der Waals surface area contributed by atoms with E-state index in [9.17, 15) is 0 Å². The van der Waals surface area contributed by atoms with Gasteiger partial charge in [-0.25, -0.2) is 0 Å². The van der Waals surface area contributed by atoms with Crippen molar-refractivity contribution >= 4 is 0 Å². The van der Waals surface area contributed by atoms with Crippen molar-refractivity contribution in [1.82, 2.24) is 10.2 Å². The molecule has 2 rings (SSSR count). The van der Waals surface area contributed by atoms with Crippen LogP contribution in [0.15, 0.2) is 0 Å². The summed E-state index contributed by atoms with van der Waals surface area (Å²) in [6.07, 6.45) is 2.55. The minimum absolute atomic E-state index is 0.633. The highest BCUT2D eigenvalue weighted by atomic mass is 16.5. The molecule has 2 saturated heterocycles. The Morgan fingerprint density at radius 3 is 2.93 bits per heavy atom. The van der Waals surface area contributed by atoms with E-state index >= 15 is 0 Å². The molecule has 1 N–H and O–H groups in total. The van der Waals surface area contributed by atoms with Crippen molar-refractivity contribution in [2.75, 3.05) is 26.3 Å². The third-order valence-corrected chi connectivity index (χ3v) is 3.42. The van der Waals surface area contributed by atoms with Gasteiger partial charge in [-0.1, -0.05) is 0 Å². The highest BCUT2D eigenvalue weighted by Gasteiger charge is 2.29. The fourth-order valence-corrected chi connectivity index (χ4v) is 2.54. The van der Waals surface area contributed by atoms with Gasteiger partial charge in [0.1, 0.15) is 0 Å². The van der Waals surface area contributed by atoms with Gasteiger partial charge in [0.05, 0.1) is 6.61 Å². The first-order chi connectivity index (χ1) is 6.77. The first kappa shape index (κ1) is 10.4. The van der Waals surface area contributed by atoms with Crippen molar-refractivity contribution in [3.63, 3.8) is 0 Å². The molecule has 0 bridgehead atoms. The van der Waals surface area contributed by atoms with Crippen LogP contribution in [0.25, 0.3) is 0 Å². The smallest absolute Gasteiger partial charge is 0.0621 e. The molecule has 14 heavy (non-hydrogen) atoms. The minimum Gasteiger partial charge on any atom is -0.380 e. The molecular formula is C11H22N2O. The molecule has 2 fully saturated rings. The number of ether oxygens (including phenoxy) is 1. The van der Waals surface area contributed by atoms with Crippen LogP contribution in [0.4, 0.5) is 0 Å². The van der Waals surface area contributed by atoms with Crippen LogP contribution < -0.4 is 5.32 Å². The third kappa shape index (κ3) is 2.27. The van der Waals surface area contributed by atoms with Crippen molar-refractivity contribution in [3.05, 3.63) is 0 Å². The third-order valence-electron chi connectivity index (χ3n) is 3.42. The lowest BCUT2D eigenvalue weighted by atomic mass is 10.0. The van der Waals surface area contributed by atoms with E-state index in [-0.39, 0.29) is 0 Å². The molecular weight excluding hydrogens is 176 g/mol. The maximum Gasteiger partial charge on any atom is 0.0621 e. The molecule has 3 atom stereocenters. The number of nitrogens with zero attached hydrogens (tertiary/aromatic N) is 1. The Bertz CT molecular complexity index is 180. The van der Waals surface area contributed by atoms with Crippen LogP contribution >= 0.6 is 0 Å². The van der Waals surface area contributed by atoms with Gasteiger partial charge < -0.3 is 10.1 Å². The van der Waals surface area contributed by atoms with Crippen LogP contribution in [-0.2, 0) is 4.74 Å². The Balaban J connectivity index is 1.92. The molecule has 0 aliphatic carbocycles. The van der Waals surface area contributed by atoms with Gasteiger partial charge in [0.2, 0.25) is 0 Å². The molecule has 0 aromatic heterocycles. The van der Waals surface area contributed by atoms with Crippen LogP contribution in [-0.4, -0.2) is 49.3 Å². The summed E-state index contributed by atoms with van der Waals surface area (Å²) in [6.45, 7) is 8.78. The van der Waals surface area contributed by atoms with E-state index in [1.54, 1.807) is 0 Å². The van der Waals surface area contributed by atoms with Crippen molar-refractivity contribution in [2.24, 2.45) is 0 Å². The molecule has 2 heterocycles. The summed E-state index contributed by atoms with van der Waals surface area (Å²) in [5.41, 5.74) is 0. The minimum atomic E-state index is 0.633. The Morgan fingerprint density at radius 1 is 1.36 bits per heavy atom. The summed E-state index contributed by atoms with van der Waals surface area (Å²) < 4.78 is 5.56. The van der Waals surface area contributed by atoms with Gasteiger partial charge in [0, 0.05) is 37.8 Å². The van der Waals surface area contributed by atoms with E-state index < -0.39 is 0 Å². The van der Waals surface area contributed by atoms with E-state index in [0.29, 0.717) is 18.1 Å². The molecule has 3 heteroatoms. The van der Waals surface area contributed by atoms with Crippen molar-refractivity contribution in [1.29, 1.82) is 0 Å². The number of nitrogens with one attached hydrogen (secondary N) is 1. The van der Waals surface area contributed by atoms with Crippen LogP contribution in [0.3, 0.4) is 0 Å². The highest BCUT2D eigenvalue weighted by Crippen LogP contribution is 2.18. The average molecular weight is 198 g/mol. The fourth-order valence-electron chi connectivity index (χ4n) is 2.54. The van der Waals surface area contributed by atoms with Gasteiger partial charge in [-0.3, -0.25) is 4.90 Å². The van der Waals surface area contributed by atoms with E-state index in [0.717, 1.165) is 19.8 Å². The zero-order valence-corrected chi connectivity index (χ0v) is 9.33. The van der Waals surface area contributed by atoms with Crippen molar-refractivity contribution < 1.29 is 4.74 Å². The topological polar surface area (TPSA) is 24.5 Å². The monoisotopic (exact) mass is 198 g/mol. The first-order valence-electron chi connectivity index (χ1n) is 5.84. The van der Waals surface area contributed by atoms with E-state index in [1.807, 2.05) is 0 Å². The number of hydrogen-bond donors (Lipinski definition) is 1. The number of rotatable bonds is 1. The molecule has 3 nitrogen and oxygen atoms in total. The zero-order valence-electron chi connectivity index (χ0n) is 9.33. The molecule has 0 amide bonds. The lowest BCUT2D eigenvalue weighted by molar-refractivity contribution is -0.0101. The molecule has 0 saturated carbocycles. The summed E-state index contributed by atoms with van der Waals surface area (Å²) in [6, 6.07) is 1.97. The Kier molecular flexibility index (Phi) is 3.42. The summed E-state index contributed by atoms with van der Waals surface area (Å²) in [5, 5.41) is 3.52. The van der Waals surface area contributed by atoms with Gasteiger partial charge in [-0.2, -0.15) is 0 Å². The quantitative estimate of drug-likeness (QED) is 0.676. The lowest BCUT2D eigenvalue weighted by Crippen LogP contribution is -2.59. The van der Waals surface area contributed by atoms with E-state index in [2.05, 4.69) is 24.1 Å². The summed E-state index contributed by atoms with van der Waals surface area (Å²) in [7, 11) is 0. The van der Waals surface area contributed by atoms with Crippen molar-refractivity contribution in [3.8, 4) is 0 Å². The van der Waals surface area contributed by atoms with Crippen LogP contribution in [0.5, 0.6) is 0 Å². The van der Waals surface area contributed by atoms with Gasteiger partial charge >= 0.3 is 0 Å². The SMILES string of the molecule is CC1CN(C2CCCOC2)C(C)CN1. The van der Waals surface area contributed by atoms with E-state index in [1.165, 1.54) is 19.4 Å². The standard InChI is InChI=1S/C11H22N2O/c1-9-7-13(10(2)6-12-9)11-4-3-5-14-8-11/h9-12H,3-8H2,1-2H3. The maximum atomic E-state index is 5.56.